The summed E-state index contributed by atoms with van der Waals surface area (Å²) in [6.45, 7) is 5.43. The zero-order valence-electron chi connectivity index (χ0n) is 8.33. The molecule has 0 bridgehead atoms. The number of hydrogen-bond donors (Lipinski definition) is 2. The molecule has 0 heterocycles. The Morgan fingerprint density at radius 1 is 1.46 bits per heavy atom. The van der Waals surface area contributed by atoms with Gasteiger partial charge in [0.25, 0.3) is 0 Å². The van der Waals surface area contributed by atoms with Crippen molar-refractivity contribution in [2.75, 3.05) is 0 Å². The average Bonchev–Trinajstić information content (AvgIpc) is 1.94. The minimum atomic E-state index is -0.473. The third-order valence-electron chi connectivity index (χ3n) is 1.94. The molecule has 0 aromatic heterocycles. The van der Waals surface area contributed by atoms with Crippen molar-refractivity contribution in [2.24, 2.45) is 0 Å². The Kier molecular flexibility index (Phi) is 2.81. The Bertz CT molecular complexity index is 198. The second kappa shape index (κ2) is 3.54. The van der Waals surface area contributed by atoms with E-state index in [1.54, 1.807) is 0 Å². The summed E-state index contributed by atoms with van der Waals surface area (Å²) < 4.78 is 5.03. The van der Waals surface area contributed by atoms with Crippen LogP contribution in [0.3, 0.4) is 0 Å². The molecule has 1 aliphatic rings. The average molecular weight is 187 g/mol. The summed E-state index contributed by atoms with van der Waals surface area (Å²) in [6, 6.07) is -0.116. The van der Waals surface area contributed by atoms with Crippen LogP contribution in [0.4, 0.5) is 4.79 Å². The third-order valence-corrected chi connectivity index (χ3v) is 1.94. The van der Waals surface area contributed by atoms with E-state index < -0.39 is 17.8 Å². The van der Waals surface area contributed by atoms with Gasteiger partial charge in [-0.2, -0.15) is 0 Å². The molecular weight excluding hydrogens is 170 g/mol. The van der Waals surface area contributed by atoms with Crippen molar-refractivity contribution in [3.05, 3.63) is 0 Å². The highest BCUT2D eigenvalue weighted by atomic mass is 16.6. The maximum Gasteiger partial charge on any atom is 0.407 e. The van der Waals surface area contributed by atoms with Gasteiger partial charge in [-0.25, -0.2) is 4.79 Å². The van der Waals surface area contributed by atoms with Gasteiger partial charge in [0.05, 0.1) is 12.1 Å². The van der Waals surface area contributed by atoms with Crippen LogP contribution in [0.15, 0.2) is 0 Å². The molecule has 4 nitrogen and oxygen atoms in total. The van der Waals surface area contributed by atoms with Gasteiger partial charge in [0.2, 0.25) is 0 Å². The van der Waals surface area contributed by atoms with Crippen LogP contribution in [0, 0.1) is 0 Å². The van der Waals surface area contributed by atoms with Crippen molar-refractivity contribution in [2.45, 2.75) is 51.4 Å². The molecule has 0 spiro atoms. The topological polar surface area (TPSA) is 58.6 Å². The number of carbonyl (C=O) groups is 1. The lowest BCUT2D eigenvalue weighted by Crippen LogP contribution is -2.51. The van der Waals surface area contributed by atoms with Crippen LogP contribution < -0.4 is 5.32 Å². The van der Waals surface area contributed by atoms with E-state index >= 15 is 0 Å². The summed E-state index contributed by atoms with van der Waals surface area (Å²) in [6.07, 6.45) is 0.754. The van der Waals surface area contributed by atoms with Crippen molar-refractivity contribution < 1.29 is 14.6 Å². The molecule has 76 valence electrons. The van der Waals surface area contributed by atoms with Crippen LogP contribution in [-0.4, -0.2) is 28.9 Å². The highest BCUT2D eigenvalue weighted by molar-refractivity contribution is 5.68. The van der Waals surface area contributed by atoms with Crippen LogP contribution in [-0.2, 0) is 4.74 Å². The van der Waals surface area contributed by atoms with Crippen molar-refractivity contribution in [3.8, 4) is 0 Å². The fourth-order valence-corrected chi connectivity index (χ4v) is 1.11. The van der Waals surface area contributed by atoms with Gasteiger partial charge >= 0.3 is 6.09 Å². The summed E-state index contributed by atoms with van der Waals surface area (Å²) in [5.74, 6) is 0. The largest absolute Gasteiger partial charge is 0.444 e. The normalized spacial score (nSPS) is 27.7. The van der Waals surface area contributed by atoms with Gasteiger partial charge < -0.3 is 15.2 Å². The van der Waals surface area contributed by atoms with Crippen molar-refractivity contribution >= 4 is 6.09 Å². The molecule has 1 rings (SSSR count). The number of aliphatic hydroxyl groups excluding tert-OH is 1. The van der Waals surface area contributed by atoms with Gasteiger partial charge in [0.1, 0.15) is 5.60 Å². The molecule has 0 aliphatic heterocycles. The molecule has 1 saturated carbocycles. The van der Waals surface area contributed by atoms with E-state index in [1.165, 1.54) is 0 Å². The van der Waals surface area contributed by atoms with Gasteiger partial charge in [0.15, 0.2) is 0 Å². The number of nitrogens with one attached hydrogen (secondary N) is 1. The van der Waals surface area contributed by atoms with Crippen LogP contribution in [0.2, 0.25) is 0 Å². The molecule has 0 unspecified atom stereocenters. The monoisotopic (exact) mass is 187 g/mol. The van der Waals surface area contributed by atoms with Crippen molar-refractivity contribution in [1.82, 2.24) is 5.32 Å². The van der Waals surface area contributed by atoms with Gasteiger partial charge in [-0.3, -0.25) is 0 Å². The van der Waals surface area contributed by atoms with Crippen LogP contribution in [0.1, 0.15) is 33.6 Å². The van der Waals surface area contributed by atoms with Crippen molar-refractivity contribution in [1.29, 1.82) is 0 Å². The predicted molar refractivity (Wildman–Crippen MR) is 48.4 cm³/mol. The maximum absolute atomic E-state index is 11.2. The SMILES string of the molecule is CC(C)(C)OC(=O)N[C@H]1CC[C@@H]1O. The number of ether oxygens (including phenoxy) is 1. The maximum atomic E-state index is 11.2. The molecule has 0 aromatic carbocycles. The Balaban J connectivity index is 2.25. The summed E-state index contributed by atoms with van der Waals surface area (Å²) >= 11 is 0. The minimum absolute atomic E-state index is 0.116. The van der Waals surface area contributed by atoms with E-state index in [4.69, 9.17) is 4.74 Å². The summed E-state index contributed by atoms with van der Waals surface area (Å²) in [5, 5.41) is 11.8. The van der Waals surface area contributed by atoms with E-state index in [1.807, 2.05) is 20.8 Å². The van der Waals surface area contributed by atoms with Gasteiger partial charge in [-0.15, -0.1) is 0 Å². The van der Waals surface area contributed by atoms with Gasteiger partial charge in [-0.05, 0) is 33.6 Å². The molecular formula is C9H17NO3. The number of amides is 1. The highest BCUT2D eigenvalue weighted by Gasteiger charge is 2.31. The Morgan fingerprint density at radius 2 is 2.08 bits per heavy atom. The fourth-order valence-electron chi connectivity index (χ4n) is 1.11. The number of aliphatic hydroxyl groups is 1. The first-order valence-electron chi connectivity index (χ1n) is 4.56. The first kappa shape index (κ1) is 10.3. The van der Waals surface area contributed by atoms with E-state index in [9.17, 15) is 9.90 Å². The van der Waals surface area contributed by atoms with Crippen LogP contribution >= 0.6 is 0 Å². The lowest BCUT2D eigenvalue weighted by atomic mass is 9.89. The lowest BCUT2D eigenvalue weighted by Gasteiger charge is -2.33. The lowest BCUT2D eigenvalue weighted by molar-refractivity contribution is 0.0209. The summed E-state index contributed by atoms with van der Waals surface area (Å²) in [4.78, 5) is 11.2. The van der Waals surface area contributed by atoms with Crippen LogP contribution in [0.5, 0.6) is 0 Å². The molecule has 1 aliphatic carbocycles. The fraction of sp³-hybridized carbons (Fsp3) is 0.889. The van der Waals surface area contributed by atoms with E-state index in [0.29, 0.717) is 0 Å². The van der Waals surface area contributed by atoms with Crippen molar-refractivity contribution in [3.63, 3.8) is 0 Å². The molecule has 4 heteroatoms. The minimum Gasteiger partial charge on any atom is -0.444 e. The number of rotatable bonds is 1. The zero-order valence-corrected chi connectivity index (χ0v) is 8.33. The molecule has 2 N–H and O–H groups in total. The molecule has 0 saturated heterocycles. The third kappa shape index (κ3) is 3.22. The molecule has 1 fully saturated rings. The number of carbonyl (C=O) groups excluding carboxylic acids is 1. The number of alkyl carbamates (subject to hydrolysis) is 1. The first-order valence-corrected chi connectivity index (χ1v) is 4.56. The van der Waals surface area contributed by atoms with E-state index in [-0.39, 0.29) is 6.04 Å². The second-order valence-electron chi connectivity index (χ2n) is 4.40. The molecule has 2 atom stereocenters. The smallest absolute Gasteiger partial charge is 0.407 e. The summed E-state index contributed by atoms with van der Waals surface area (Å²) in [7, 11) is 0. The predicted octanol–water partition coefficient (Wildman–Crippen LogP) is 1.03. The zero-order chi connectivity index (χ0) is 10.1. The molecule has 1 amide bonds. The van der Waals surface area contributed by atoms with E-state index in [0.717, 1.165) is 12.8 Å². The quantitative estimate of drug-likeness (QED) is 0.644. The molecule has 0 radical (unpaired) electrons. The van der Waals surface area contributed by atoms with E-state index in [2.05, 4.69) is 5.32 Å². The second-order valence-corrected chi connectivity index (χ2v) is 4.40. The Morgan fingerprint density at radius 3 is 2.38 bits per heavy atom. The summed E-state index contributed by atoms with van der Waals surface area (Å²) in [5.41, 5.74) is -0.473. The Labute approximate surface area is 78.3 Å². The molecule has 0 aromatic rings. The molecule has 13 heavy (non-hydrogen) atoms. The standard InChI is InChI=1S/C9H17NO3/c1-9(2,3)13-8(12)10-6-4-5-7(6)11/h6-7,11H,4-5H2,1-3H3,(H,10,12)/t6-,7-/m0/s1. The Hall–Kier alpha value is -0.770. The van der Waals surface area contributed by atoms with Crippen LogP contribution in [0.25, 0.3) is 0 Å². The first-order chi connectivity index (χ1) is 5.88. The highest BCUT2D eigenvalue weighted by Crippen LogP contribution is 2.19. The van der Waals surface area contributed by atoms with Gasteiger partial charge in [-0.1, -0.05) is 0 Å². The number of hydrogen-bond acceptors (Lipinski definition) is 3. The van der Waals surface area contributed by atoms with Gasteiger partial charge in [0, 0.05) is 0 Å².